The summed E-state index contributed by atoms with van der Waals surface area (Å²) >= 11 is 1.22. The van der Waals surface area contributed by atoms with Crippen molar-refractivity contribution in [3.8, 4) is 0 Å². The number of aryl methyl sites for hydroxylation is 1. The van der Waals surface area contributed by atoms with E-state index in [1.165, 1.54) is 24.2 Å². The second-order valence-electron chi connectivity index (χ2n) is 3.25. The summed E-state index contributed by atoms with van der Waals surface area (Å²) in [6.45, 7) is 2.94. The van der Waals surface area contributed by atoms with Gasteiger partial charge in [-0.05, 0) is 6.42 Å². The number of aromatic carboxylic acids is 1. The van der Waals surface area contributed by atoms with Crippen molar-refractivity contribution in [3.63, 3.8) is 0 Å². The molecule has 0 radical (unpaired) electrons. The highest BCUT2D eigenvalue weighted by Crippen LogP contribution is 2.03. The van der Waals surface area contributed by atoms with E-state index in [9.17, 15) is 9.90 Å². The molecule has 3 nitrogen and oxygen atoms in total. The Balaban J connectivity index is 2.42. The Kier molecular flexibility index (Phi) is 4.59. The molecule has 0 fully saturated rings. The molecule has 0 saturated carbocycles. The highest BCUT2D eigenvalue weighted by molar-refractivity contribution is 7.11. The number of nitrogens with zero attached hydrogens (tertiary/aromatic N) is 1. The van der Waals surface area contributed by atoms with Crippen LogP contribution in [0, 0.1) is 0 Å². The Bertz CT molecular complexity index is 296. The van der Waals surface area contributed by atoms with Crippen LogP contribution in [-0.4, -0.2) is 5.97 Å². The van der Waals surface area contributed by atoms with E-state index in [4.69, 9.17) is 0 Å². The van der Waals surface area contributed by atoms with Crippen LogP contribution >= 0.6 is 11.3 Å². The second-order valence-corrected chi connectivity index (χ2v) is 4.14. The van der Waals surface area contributed by atoms with Crippen LogP contribution in [0.4, 0.5) is 0 Å². The maximum atomic E-state index is 10.7. The molecule has 0 aliphatic carbocycles. The first kappa shape index (κ1) is 11.2. The number of carboxylic acids is 1. The van der Waals surface area contributed by atoms with E-state index in [0.29, 0.717) is 5.01 Å². The monoisotopic (exact) mass is 213 g/mol. The fourth-order valence-corrected chi connectivity index (χ4v) is 2.07. The van der Waals surface area contributed by atoms with Crippen LogP contribution in [-0.2, 0) is 6.54 Å². The van der Waals surface area contributed by atoms with Crippen molar-refractivity contribution < 1.29 is 14.5 Å². The number of aromatic nitrogens is 1. The third-order valence-corrected chi connectivity index (χ3v) is 2.99. The Morgan fingerprint density at radius 1 is 1.50 bits per heavy atom. The van der Waals surface area contributed by atoms with Gasteiger partial charge in [0.25, 0.3) is 5.01 Å². The summed E-state index contributed by atoms with van der Waals surface area (Å²) in [5.41, 5.74) is 0. The number of carbonyl (C=O) groups excluding carboxylic acids is 1. The Labute approximate surface area is 88.0 Å². The Morgan fingerprint density at radius 3 is 2.93 bits per heavy atom. The van der Waals surface area contributed by atoms with Crippen molar-refractivity contribution in [1.82, 2.24) is 0 Å². The smallest absolute Gasteiger partial charge is 0.284 e. The van der Waals surface area contributed by atoms with E-state index < -0.39 is 5.97 Å². The molecule has 0 aromatic carbocycles. The molecular formula is C10H15NO2S. The third-order valence-electron chi connectivity index (χ3n) is 2.11. The van der Waals surface area contributed by atoms with Crippen LogP contribution in [0.2, 0.25) is 0 Å². The summed E-state index contributed by atoms with van der Waals surface area (Å²) < 4.78 is 1.76. The molecule has 1 aromatic rings. The molecule has 0 bridgehead atoms. The van der Waals surface area contributed by atoms with Crippen LogP contribution < -0.4 is 9.67 Å². The van der Waals surface area contributed by atoms with Gasteiger partial charge in [-0.25, -0.2) is 0 Å². The summed E-state index contributed by atoms with van der Waals surface area (Å²) in [6, 6.07) is 0. The van der Waals surface area contributed by atoms with Crippen molar-refractivity contribution in [2.45, 2.75) is 39.2 Å². The molecule has 4 heteroatoms. The summed E-state index contributed by atoms with van der Waals surface area (Å²) in [6.07, 6.45) is 6.41. The molecule has 0 aliphatic heterocycles. The summed E-state index contributed by atoms with van der Waals surface area (Å²) in [5, 5.41) is 12.8. The zero-order chi connectivity index (χ0) is 10.4. The average molecular weight is 213 g/mol. The zero-order valence-electron chi connectivity index (χ0n) is 8.36. The minimum absolute atomic E-state index is 0.321. The number of unbranched alkanes of at least 4 members (excludes halogenated alkanes) is 3. The van der Waals surface area contributed by atoms with Gasteiger partial charge in [0.2, 0.25) is 0 Å². The highest BCUT2D eigenvalue weighted by atomic mass is 32.1. The molecule has 0 atom stereocenters. The van der Waals surface area contributed by atoms with Crippen molar-refractivity contribution >= 4 is 17.3 Å². The first-order valence-electron chi connectivity index (χ1n) is 4.94. The molecular weight excluding hydrogens is 198 g/mol. The molecule has 0 N–H and O–H groups in total. The number of carboxylic acid groups (broad SMARTS) is 1. The summed E-state index contributed by atoms with van der Waals surface area (Å²) in [4.78, 5) is 10.7. The summed E-state index contributed by atoms with van der Waals surface area (Å²) in [7, 11) is 0. The standard InChI is InChI=1S/C10H15NO2S/c1-2-3-4-5-6-11-7-8-14-9(11)10(12)13/h7-8H,2-6H2,1H3. The minimum Gasteiger partial charge on any atom is -0.539 e. The van der Waals surface area contributed by atoms with Crippen molar-refractivity contribution in [1.29, 1.82) is 0 Å². The lowest BCUT2D eigenvalue weighted by Crippen LogP contribution is -2.41. The minimum atomic E-state index is -1.07. The molecule has 78 valence electrons. The lowest BCUT2D eigenvalue weighted by molar-refractivity contribution is -0.696. The molecule has 1 aromatic heterocycles. The van der Waals surface area contributed by atoms with Gasteiger partial charge in [0, 0.05) is 6.42 Å². The molecule has 0 saturated heterocycles. The SMILES string of the molecule is CCCCCC[n+]1ccsc1C(=O)[O-]. The molecule has 1 heterocycles. The predicted octanol–water partition coefficient (Wildman–Crippen LogP) is 0.979. The van der Waals surface area contributed by atoms with Crippen LogP contribution in [0.15, 0.2) is 11.6 Å². The van der Waals surface area contributed by atoms with Gasteiger partial charge in [0.15, 0.2) is 12.2 Å². The maximum absolute atomic E-state index is 10.7. The fourth-order valence-electron chi connectivity index (χ4n) is 1.35. The topological polar surface area (TPSA) is 44.0 Å². The third kappa shape index (κ3) is 3.10. The van der Waals surface area contributed by atoms with E-state index in [1.807, 2.05) is 6.20 Å². The fraction of sp³-hybridized carbons (Fsp3) is 0.600. The van der Waals surface area contributed by atoms with E-state index in [0.717, 1.165) is 19.4 Å². The van der Waals surface area contributed by atoms with E-state index in [2.05, 4.69) is 6.92 Å². The molecule has 0 unspecified atom stereocenters. The second kappa shape index (κ2) is 5.75. The first-order chi connectivity index (χ1) is 6.75. The molecule has 14 heavy (non-hydrogen) atoms. The highest BCUT2D eigenvalue weighted by Gasteiger charge is 2.12. The normalized spacial score (nSPS) is 10.4. The van der Waals surface area contributed by atoms with Gasteiger partial charge in [0.05, 0.1) is 5.38 Å². The van der Waals surface area contributed by atoms with Gasteiger partial charge in [-0.3, -0.25) is 0 Å². The molecule has 0 spiro atoms. The largest absolute Gasteiger partial charge is 0.539 e. The Hall–Kier alpha value is -0.900. The number of hydrogen-bond donors (Lipinski definition) is 0. The van der Waals surface area contributed by atoms with Gasteiger partial charge in [0.1, 0.15) is 6.54 Å². The predicted molar refractivity (Wildman–Crippen MR) is 53.0 cm³/mol. The Morgan fingerprint density at radius 2 is 2.29 bits per heavy atom. The van der Waals surface area contributed by atoms with E-state index in [1.54, 1.807) is 9.95 Å². The van der Waals surface area contributed by atoms with Gasteiger partial charge in [-0.15, -0.1) is 0 Å². The number of hydrogen-bond acceptors (Lipinski definition) is 3. The number of carbonyl (C=O) groups is 1. The van der Waals surface area contributed by atoms with Crippen LogP contribution in [0.1, 0.15) is 42.4 Å². The number of rotatable bonds is 6. The number of thiazole rings is 1. The van der Waals surface area contributed by atoms with Gasteiger partial charge in [-0.2, -0.15) is 4.57 Å². The quantitative estimate of drug-likeness (QED) is 0.522. The van der Waals surface area contributed by atoms with Crippen molar-refractivity contribution in [2.24, 2.45) is 0 Å². The molecule has 1 rings (SSSR count). The van der Waals surface area contributed by atoms with Gasteiger partial charge < -0.3 is 9.90 Å². The van der Waals surface area contributed by atoms with Gasteiger partial charge >= 0.3 is 0 Å². The van der Waals surface area contributed by atoms with E-state index >= 15 is 0 Å². The van der Waals surface area contributed by atoms with E-state index in [-0.39, 0.29) is 0 Å². The lowest BCUT2D eigenvalue weighted by Gasteiger charge is -1.98. The van der Waals surface area contributed by atoms with Crippen LogP contribution in [0.25, 0.3) is 0 Å². The van der Waals surface area contributed by atoms with Crippen LogP contribution in [0.5, 0.6) is 0 Å². The zero-order valence-corrected chi connectivity index (χ0v) is 9.18. The average Bonchev–Trinajstić information content (AvgIpc) is 2.60. The molecule has 0 aliphatic rings. The van der Waals surface area contributed by atoms with Crippen molar-refractivity contribution in [3.05, 3.63) is 16.6 Å². The summed E-state index contributed by atoms with van der Waals surface area (Å²) in [5.74, 6) is -1.07. The van der Waals surface area contributed by atoms with Gasteiger partial charge in [-0.1, -0.05) is 31.1 Å². The van der Waals surface area contributed by atoms with Crippen LogP contribution in [0.3, 0.4) is 0 Å². The first-order valence-corrected chi connectivity index (χ1v) is 5.82. The molecule has 0 amide bonds. The maximum Gasteiger partial charge on any atom is 0.284 e. The lowest BCUT2D eigenvalue weighted by atomic mass is 10.2. The van der Waals surface area contributed by atoms with Crippen molar-refractivity contribution in [2.75, 3.05) is 0 Å².